The summed E-state index contributed by atoms with van der Waals surface area (Å²) in [4.78, 5) is 43.9. The highest BCUT2D eigenvalue weighted by Crippen LogP contribution is 2.57. The molecule has 5 nitrogen and oxygen atoms in total. The normalized spacial score (nSPS) is 24.3. The zero-order chi connectivity index (χ0) is 27.3. The van der Waals surface area contributed by atoms with Crippen molar-refractivity contribution < 1.29 is 18.8 Å². The van der Waals surface area contributed by atoms with Crippen LogP contribution in [0.1, 0.15) is 60.2 Å². The molecule has 39 heavy (non-hydrogen) atoms. The fourth-order valence-corrected chi connectivity index (χ4v) is 6.90. The maximum atomic E-state index is 14.5. The van der Waals surface area contributed by atoms with Crippen molar-refractivity contribution >= 4 is 34.9 Å². The Morgan fingerprint density at radius 1 is 1.03 bits per heavy atom. The third-order valence-electron chi connectivity index (χ3n) is 8.60. The minimum absolute atomic E-state index is 0.214. The lowest BCUT2D eigenvalue weighted by Crippen LogP contribution is -2.51. The first-order chi connectivity index (χ1) is 18.9. The average Bonchev–Trinajstić information content (AvgIpc) is 3.41. The van der Waals surface area contributed by atoms with Gasteiger partial charge in [0, 0.05) is 22.5 Å². The van der Waals surface area contributed by atoms with Crippen LogP contribution in [0.5, 0.6) is 0 Å². The Balaban J connectivity index is 1.52. The number of nitrogens with one attached hydrogen (secondary N) is 1. The van der Waals surface area contributed by atoms with Crippen molar-refractivity contribution in [3.63, 3.8) is 0 Å². The summed E-state index contributed by atoms with van der Waals surface area (Å²) in [6.45, 7) is 3.64. The molecule has 6 heteroatoms. The summed E-state index contributed by atoms with van der Waals surface area (Å²) in [5.74, 6) is -2.12. The zero-order valence-corrected chi connectivity index (χ0v) is 22.1. The van der Waals surface area contributed by atoms with Gasteiger partial charge in [0.25, 0.3) is 0 Å². The van der Waals surface area contributed by atoms with E-state index < -0.39 is 23.4 Å². The number of amides is 1. The molecule has 3 aliphatic heterocycles. The lowest BCUT2D eigenvalue weighted by molar-refractivity contribution is -0.122. The van der Waals surface area contributed by atoms with Crippen molar-refractivity contribution in [2.24, 2.45) is 5.92 Å². The number of halogens is 1. The number of ketones is 2. The number of anilines is 2. The molecule has 0 unspecified atom stereocenters. The second kappa shape index (κ2) is 9.60. The molecule has 3 aromatic rings. The van der Waals surface area contributed by atoms with E-state index in [9.17, 15) is 18.8 Å². The zero-order valence-electron chi connectivity index (χ0n) is 22.1. The number of carbonyl (C=O) groups excluding carboxylic acids is 3. The average molecular weight is 523 g/mol. The molecule has 1 spiro atoms. The maximum Gasteiger partial charge on any atom is 0.238 e. The fraction of sp³-hybridized carbons (Fsp3) is 0.303. The van der Waals surface area contributed by atoms with Gasteiger partial charge in [-0.05, 0) is 55.2 Å². The molecule has 1 fully saturated rings. The minimum atomic E-state index is -1.33. The molecule has 1 saturated heterocycles. The van der Waals surface area contributed by atoms with Crippen LogP contribution in [0.25, 0.3) is 6.08 Å². The molecule has 0 bridgehead atoms. The van der Waals surface area contributed by atoms with Crippen LogP contribution in [0.15, 0.2) is 72.8 Å². The van der Waals surface area contributed by atoms with Crippen molar-refractivity contribution in [2.75, 3.05) is 10.2 Å². The first-order valence-electron chi connectivity index (χ1n) is 13.7. The van der Waals surface area contributed by atoms with Gasteiger partial charge in [0.05, 0.1) is 18.0 Å². The molecule has 4 atom stereocenters. The summed E-state index contributed by atoms with van der Waals surface area (Å²) in [5, 5.41) is 3.01. The lowest BCUT2D eigenvalue weighted by Gasteiger charge is -2.37. The van der Waals surface area contributed by atoms with Crippen LogP contribution in [0.2, 0.25) is 0 Å². The highest BCUT2D eigenvalue weighted by Gasteiger charge is 2.69. The summed E-state index contributed by atoms with van der Waals surface area (Å²) in [7, 11) is 0. The number of rotatable bonds is 7. The van der Waals surface area contributed by atoms with E-state index in [2.05, 4.69) is 12.2 Å². The van der Waals surface area contributed by atoms with E-state index in [1.54, 1.807) is 12.1 Å². The Bertz CT molecular complexity index is 1510. The van der Waals surface area contributed by atoms with Gasteiger partial charge in [-0.25, -0.2) is 4.39 Å². The van der Waals surface area contributed by atoms with Crippen molar-refractivity contribution in [1.82, 2.24) is 0 Å². The summed E-state index contributed by atoms with van der Waals surface area (Å²) >= 11 is 0. The molecule has 198 valence electrons. The van der Waals surface area contributed by atoms with E-state index in [1.165, 1.54) is 19.1 Å². The molecule has 1 amide bonds. The number of unbranched alkanes of at least 4 members (excludes halogenated alkanes) is 2. The van der Waals surface area contributed by atoms with Crippen LogP contribution in [-0.2, 0) is 21.4 Å². The number of nitrogens with zero attached hydrogens (tertiary/aromatic N) is 1. The van der Waals surface area contributed by atoms with Gasteiger partial charge in [0.2, 0.25) is 5.91 Å². The highest BCUT2D eigenvalue weighted by atomic mass is 19.1. The molecule has 6 rings (SSSR count). The molecule has 0 aromatic heterocycles. The van der Waals surface area contributed by atoms with Crippen LogP contribution >= 0.6 is 0 Å². The SMILES string of the molecule is CCCCCc1ccc(C(=O)[C@@H]2[C@H](C(C)=O)N3c4ccc(F)cc4C=C[C@H]3[C@@]23C(=O)Nc2ccccc23)cc1. The smallest absolute Gasteiger partial charge is 0.238 e. The molecular weight excluding hydrogens is 491 g/mol. The van der Waals surface area contributed by atoms with Gasteiger partial charge in [0.1, 0.15) is 11.2 Å². The quantitative estimate of drug-likeness (QED) is 0.300. The van der Waals surface area contributed by atoms with Crippen molar-refractivity contribution in [2.45, 2.75) is 57.0 Å². The highest BCUT2D eigenvalue weighted by molar-refractivity contribution is 6.16. The predicted molar refractivity (Wildman–Crippen MR) is 150 cm³/mol. The number of benzene rings is 3. The Kier molecular flexibility index (Phi) is 6.21. The summed E-state index contributed by atoms with van der Waals surface area (Å²) in [6, 6.07) is 17.9. The van der Waals surface area contributed by atoms with E-state index in [0.29, 0.717) is 28.1 Å². The molecule has 3 aliphatic rings. The molecule has 0 aliphatic carbocycles. The van der Waals surface area contributed by atoms with Gasteiger partial charge < -0.3 is 10.2 Å². The van der Waals surface area contributed by atoms with Gasteiger partial charge in [-0.1, -0.05) is 74.4 Å². The molecule has 0 radical (unpaired) electrons. The monoisotopic (exact) mass is 522 g/mol. The third-order valence-corrected chi connectivity index (χ3v) is 8.60. The van der Waals surface area contributed by atoms with Gasteiger partial charge >= 0.3 is 0 Å². The molecule has 3 aromatic carbocycles. The number of fused-ring (bicyclic) bond motifs is 6. The summed E-state index contributed by atoms with van der Waals surface area (Å²) in [6.07, 6.45) is 7.96. The fourth-order valence-electron chi connectivity index (χ4n) is 6.90. The number of para-hydroxylation sites is 1. The van der Waals surface area contributed by atoms with Crippen LogP contribution in [0.4, 0.5) is 15.8 Å². The number of hydrogen-bond donors (Lipinski definition) is 1. The van der Waals surface area contributed by atoms with Crippen molar-refractivity contribution in [3.05, 3.63) is 101 Å². The number of aryl methyl sites for hydroxylation is 1. The van der Waals surface area contributed by atoms with E-state index in [4.69, 9.17) is 0 Å². The predicted octanol–water partition coefficient (Wildman–Crippen LogP) is 6.12. The molecule has 1 N–H and O–H groups in total. The number of hydrogen-bond acceptors (Lipinski definition) is 4. The molecule has 3 heterocycles. The van der Waals surface area contributed by atoms with Gasteiger partial charge in [-0.15, -0.1) is 0 Å². The van der Waals surface area contributed by atoms with E-state index in [1.807, 2.05) is 59.5 Å². The number of carbonyl (C=O) groups is 3. The van der Waals surface area contributed by atoms with E-state index in [-0.39, 0.29) is 23.3 Å². The van der Waals surface area contributed by atoms with Crippen LogP contribution < -0.4 is 10.2 Å². The number of Topliss-reactive ketones (excluding diaryl/α,β-unsaturated/α-hetero) is 2. The Hall–Kier alpha value is -4.06. The molecular formula is C33H31FN2O3. The molecule has 0 saturated carbocycles. The van der Waals surface area contributed by atoms with Crippen molar-refractivity contribution in [3.8, 4) is 0 Å². The van der Waals surface area contributed by atoms with Crippen LogP contribution in [0, 0.1) is 11.7 Å². The van der Waals surface area contributed by atoms with Crippen molar-refractivity contribution in [1.29, 1.82) is 0 Å². The first kappa shape index (κ1) is 25.2. The Morgan fingerprint density at radius 3 is 2.54 bits per heavy atom. The van der Waals surface area contributed by atoms with E-state index in [0.717, 1.165) is 31.2 Å². The first-order valence-corrected chi connectivity index (χ1v) is 13.7. The lowest BCUT2D eigenvalue weighted by atomic mass is 9.64. The Labute approximate surface area is 227 Å². The van der Waals surface area contributed by atoms with E-state index >= 15 is 0 Å². The maximum absolute atomic E-state index is 14.5. The minimum Gasteiger partial charge on any atom is -0.352 e. The van der Waals surface area contributed by atoms with Crippen LogP contribution in [0.3, 0.4) is 0 Å². The van der Waals surface area contributed by atoms with Gasteiger partial charge in [0.15, 0.2) is 11.6 Å². The third kappa shape index (κ3) is 3.76. The standard InChI is InChI=1S/C33H31FN2O3/c1-3-4-5-8-21-11-13-22(14-12-21)31(38)29-30(20(2)37)36-27-17-16-24(34)19-23(27)15-18-28(36)33(29)25-9-6-7-10-26(25)35-32(33)39/h6-7,9-19,28-30H,3-5,8H2,1-2H3,(H,35,39)/t28-,29-,30-,33+/m0/s1. The second-order valence-electron chi connectivity index (χ2n) is 10.8. The largest absolute Gasteiger partial charge is 0.352 e. The van der Waals surface area contributed by atoms with Gasteiger partial charge in [-0.3, -0.25) is 14.4 Å². The summed E-state index contributed by atoms with van der Waals surface area (Å²) in [5.41, 5.74) is 2.92. The Morgan fingerprint density at radius 2 is 1.79 bits per heavy atom. The summed E-state index contributed by atoms with van der Waals surface area (Å²) < 4.78 is 14.2. The second-order valence-corrected chi connectivity index (χ2v) is 10.8. The van der Waals surface area contributed by atoms with Crippen LogP contribution in [-0.4, -0.2) is 29.6 Å². The topological polar surface area (TPSA) is 66.5 Å². The van der Waals surface area contributed by atoms with Gasteiger partial charge in [-0.2, -0.15) is 0 Å².